The summed E-state index contributed by atoms with van der Waals surface area (Å²) in [6.45, 7) is 6.17. The summed E-state index contributed by atoms with van der Waals surface area (Å²) in [5.41, 5.74) is 3.59. The smallest absolute Gasteiger partial charge is 0.246 e. The van der Waals surface area contributed by atoms with Gasteiger partial charge in [-0.3, -0.25) is 9.10 Å². The summed E-state index contributed by atoms with van der Waals surface area (Å²) < 4.78 is 26.4. The molecule has 1 amide bonds. The molecule has 2 aromatic rings. The first-order chi connectivity index (χ1) is 12.6. The molecule has 0 aromatic heterocycles. The number of amides is 1. The molecular formula is C21H28N2O3S. The van der Waals surface area contributed by atoms with Gasteiger partial charge in [-0.15, -0.1) is 0 Å². The number of rotatable bonds is 7. The van der Waals surface area contributed by atoms with Crippen LogP contribution < -0.4 is 4.31 Å². The second-order valence-corrected chi connectivity index (χ2v) is 8.79. The van der Waals surface area contributed by atoms with Gasteiger partial charge in [-0.2, -0.15) is 0 Å². The highest BCUT2D eigenvalue weighted by molar-refractivity contribution is 7.92. The molecule has 27 heavy (non-hydrogen) atoms. The van der Waals surface area contributed by atoms with Gasteiger partial charge in [0.1, 0.15) is 6.04 Å². The lowest BCUT2D eigenvalue weighted by atomic mass is 10.1. The highest BCUT2D eigenvalue weighted by Crippen LogP contribution is 2.26. The van der Waals surface area contributed by atoms with Crippen LogP contribution in [0.25, 0.3) is 0 Å². The van der Waals surface area contributed by atoms with E-state index in [9.17, 15) is 13.2 Å². The van der Waals surface area contributed by atoms with E-state index in [0.717, 1.165) is 22.9 Å². The molecule has 146 valence electrons. The van der Waals surface area contributed by atoms with Crippen molar-refractivity contribution in [1.29, 1.82) is 0 Å². The molecule has 0 radical (unpaired) electrons. The maximum atomic E-state index is 13.1. The number of anilines is 1. The van der Waals surface area contributed by atoms with Crippen molar-refractivity contribution < 1.29 is 13.2 Å². The van der Waals surface area contributed by atoms with Crippen molar-refractivity contribution in [2.24, 2.45) is 0 Å². The van der Waals surface area contributed by atoms with Crippen LogP contribution in [0, 0.1) is 13.8 Å². The Balaban J connectivity index is 2.36. The monoisotopic (exact) mass is 388 g/mol. The second-order valence-electron chi connectivity index (χ2n) is 6.93. The van der Waals surface area contributed by atoms with Crippen molar-refractivity contribution >= 4 is 21.6 Å². The normalized spacial score (nSPS) is 12.5. The fourth-order valence-corrected chi connectivity index (χ4v) is 4.29. The summed E-state index contributed by atoms with van der Waals surface area (Å²) in [5.74, 6) is -0.218. The lowest BCUT2D eigenvalue weighted by molar-refractivity contribution is -0.131. The van der Waals surface area contributed by atoms with E-state index in [4.69, 9.17) is 0 Å². The van der Waals surface area contributed by atoms with Gasteiger partial charge in [0.2, 0.25) is 15.9 Å². The SMILES string of the molecule is CC[C@H](C(=O)N(C)Cc1ccccc1)N(c1ccc(C)c(C)c1)S(C)(=O)=O. The Kier molecular flexibility index (Phi) is 6.65. The number of carbonyl (C=O) groups is 1. The van der Waals surface area contributed by atoms with E-state index < -0.39 is 16.1 Å². The molecule has 0 unspecified atom stereocenters. The third-order valence-corrected chi connectivity index (χ3v) is 5.88. The van der Waals surface area contributed by atoms with Crippen LogP contribution in [0.5, 0.6) is 0 Å². The number of benzene rings is 2. The number of likely N-dealkylation sites (N-methyl/N-ethyl adjacent to an activating group) is 1. The standard InChI is InChI=1S/C21H28N2O3S/c1-6-20(21(24)22(4)15-18-10-8-7-9-11-18)23(27(5,25)26)19-13-12-16(2)17(3)14-19/h7-14,20H,6,15H2,1-5H3/t20-/m1/s1. The summed E-state index contributed by atoms with van der Waals surface area (Å²) in [6.07, 6.45) is 1.54. The molecule has 0 heterocycles. The quantitative estimate of drug-likeness (QED) is 0.729. The Morgan fingerprint density at radius 1 is 1.04 bits per heavy atom. The average Bonchev–Trinajstić information content (AvgIpc) is 2.61. The topological polar surface area (TPSA) is 57.7 Å². The van der Waals surface area contributed by atoms with Crippen molar-refractivity contribution in [3.05, 3.63) is 65.2 Å². The Bertz CT molecular complexity index is 895. The summed E-state index contributed by atoms with van der Waals surface area (Å²) in [7, 11) is -1.92. The van der Waals surface area contributed by atoms with Gasteiger partial charge < -0.3 is 4.90 Å². The molecule has 5 nitrogen and oxygen atoms in total. The molecule has 2 rings (SSSR count). The molecular weight excluding hydrogens is 360 g/mol. The van der Waals surface area contributed by atoms with E-state index in [1.54, 1.807) is 18.0 Å². The van der Waals surface area contributed by atoms with Crippen molar-refractivity contribution in [2.45, 2.75) is 39.8 Å². The molecule has 6 heteroatoms. The first-order valence-electron chi connectivity index (χ1n) is 9.00. The van der Waals surface area contributed by atoms with Gasteiger partial charge in [-0.25, -0.2) is 8.42 Å². The largest absolute Gasteiger partial charge is 0.340 e. The average molecular weight is 389 g/mol. The molecule has 0 aliphatic carbocycles. The highest BCUT2D eigenvalue weighted by atomic mass is 32.2. The van der Waals surface area contributed by atoms with Crippen molar-refractivity contribution in [1.82, 2.24) is 4.90 Å². The van der Waals surface area contributed by atoms with E-state index in [-0.39, 0.29) is 5.91 Å². The Morgan fingerprint density at radius 3 is 2.19 bits per heavy atom. The molecule has 0 saturated heterocycles. The van der Waals surface area contributed by atoms with Crippen LogP contribution in [0.3, 0.4) is 0 Å². The highest BCUT2D eigenvalue weighted by Gasteiger charge is 2.33. The number of aryl methyl sites for hydroxylation is 2. The predicted molar refractivity (Wildman–Crippen MR) is 110 cm³/mol. The van der Waals surface area contributed by atoms with Crippen LogP contribution in [0.2, 0.25) is 0 Å². The maximum Gasteiger partial charge on any atom is 0.246 e. The van der Waals surface area contributed by atoms with Crippen molar-refractivity contribution in [2.75, 3.05) is 17.6 Å². The lowest BCUT2D eigenvalue weighted by Gasteiger charge is -2.33. The molecule has 0 aliphatic heterocycles. The maximum absolute atomic E-state index is 13.1. The van der Waals surface area contributed by atoms with E-state index in [1.807, 2.05) is 63.2 Å². The van der Waals surface area contributed by atoms with Gasteiger partial charge in [0.05, 0.1) is 11.9 Å². The minimum absolute atomic E-state index is 0.218. The fourth-order valence-electron chi connectivity index (χ4n) is 3.10. The molecule has 0 fully saturated rings. The van der Waals surface area contributed by atoms with E-state index in [0.29, 0.717) is 18.7 Å². The molecule has 1 atom stereocenters. The summed E-state index contributed by atoms with van der Waals surface area (Å²) >= 11 is 0. The van der Waals surface area contributed by atoms with E-state index in [2.05, 4.69) is 0 Å². The predicted octanol–water partition coefficient (Wildman–Crippen LogP) is 3.51. The zero-order valence-electron chi connectivity index (χ0n) is 16.6. The first-order valence-corrected chi connectivity index (χ1v) is 10.9. The zero-order chi connectivity index (χ0) is 20.2. The second kappa shape index (κ2) is 8.57. The van der Waals surface area contributed by atoms with Crippen LogP contribution in [-0.4, -0.2) is 38.6 Å². The number of hydrogen-bond donors (Lipinski definition) is 0. The first kappa shape index (κ1) is 21.0. The Hall–Kier alpha value is -2.34. The van der Waals surface area contributed by atoms with E-state index in [1.165, 1.54) is 4.31 Å². The van der Waals surface area contributed by atoms with Crippen molar-refractivity contribution in [3.8, 4) is 0 Å². The Morgan fingerprint density at radius 2 is 1.67 bits per heavy atom. The van der Waals surface area contributed by atoms with Crippen LogP contribution in [0.4, 0.5) is 5.69 Å². The Labute approximate surface area is 162 Å². The van der Waals surface area contributed by atoms with Crippen LogP contribution in [0.1, 0.15) is 30.0 Å². The fraction of sp³-hybridized carbons (Fsp3) is 0.381. The summed E-state index contributed by atoms with van der Waals surface area (Å²) in [4.78, 5) is 14.7. The third-order valence-electron chi connectivity index (χ3n) is 4.70. The van der Waals surface area contributed by atoms with Gasteiger partial charge in [-0.05, 0) is 49.1 Å². The van der Waals surface area contributed by atoms with Gasteiger partial charge in [0.25, 0.3) is 0 Å². The molecule has 0 aliphatic rings. The summed E-state index contributed by atoms with van der Waals surface area (Å²) in [5, 5.41) is 0. The van der Waals surface area contributed by atoms with Gasteiger partial charge in [-0.1, -0.05) is 43.3 Å². The van der Waals surface area contributed by atoms with Gasteiger partial charge >= 0.3 is 0 Å². The number of carbonyl (C=O) groups excluding carboxylic acids is 1. The summed E-state index contributed by atoms with van der Waals surface area (Å²) in [6, 6.07) is 14.3. The molecule has 0 bridgehead atoms. The zero-order valence-corrected chi connectivity index (χ0v) is 17.5. The van der Waals surface area contributed by atoms with Crippen LogP contribution in [0.15, 0.2) is 48.5 Å². The third kappa shape index (κ3) is 5.10. The van der Waals surface area contributed by atoms with Crippen LogP contribution in [-0.2, 0) is 21.4 Å². The minimum Gasteiger partial charge on any atom is -0.340 e. The number of hydrogen-bond acceptors (Lipinski definition) is 3. The van der Waals surface area contributed by atoms with E-state index >= 15 is 0 Å². The van der Waals surface area contributed by atoms with Gasteiger partial charge in [0, 0.05) is 13.6 Å². The molecule has 2 aromatic carbocycles. The number of sulfonamides is 1. The molecule has 0 saturated carbocycles. The minimum atomic E-state index is -3.62. The van der Waals surface area contributed by atoms with Gasteiger partial charge in [0.15, 0.2) is 0 Å². The van der Waals surface area contributed by atoms with Crippen molar-refractivity contribution in [3.63, 3.8) is 0 Å². The number of nitrogens with zero attached hydrogens (tertiary/aromatic N) is 2. The molecule has 0 N–H and O–H groups in total. The lowest BCUT2D eigenvalue weighted by Crippen LogP contribution is -2.49. The van der Waals surface area contributed by atoms with Crippen LogP contribution >= 0.6 is 0 Å². The molecule has 0 spiro atoms.